The molecule has 1 aromatic heterocycles. The van der Waals surface area contributed by atoms with Crippen molar-refractivity contribution in [3.05, 3.63) is 5.89 Å². The normalized spacial score (nSPS) is 19.6. The first-order valence-corrected chi connectivity index (χ1v) is 6.57. The van der Waals surface area contributed by atoms with E-state index in [2.05, 4.69) is 20.4 Å². The van der Waals surface area contributed by atoms with Gasteiger partial charge in [-0.1, -0.05) is 5.10 Å². The Morgan fingerprint density at radius 2 is 1.82 bits per heavy atom. The number of hydrogen-bond acceptors (Lipinski definition) is 5. The molecule has 5 heteroatoms. The van der Waals surface area contributed by atoms with E-state index in [9.17, 15) is 0 Å². The Morgan fingerprint density at radius 3 is 2.35 bits per heavy atom. The van der Waals surface area contributed by atoms with Gasteiger partial charge >= 0.3 is 6.01 Å². The predicted octanol–water partition coefficient (Wildman–Crippen LogP) is 1.42. The van der Waals surface area contributed by atoms with E-state index < -0.39 is 0 Å². The highest BCUT2D eigenvalue weighted by Crippen LogP contribution is 2.35. The third-order valence-electron chi connectivity index (χ3n) is 3.41. The van der Waals surface area contributed by atoms with E-state index in [1.165, 1.54) is 25.7 Å². The smallest absolute Gasteiger partial charge is 0.318 e. The van der Waals surface area contributed by atoms with Crippen LogP contribution in [-0.2, 0) is 6.54 Å². The van der Waals surface area contributed by atoms with Gasteiger partial charge in [-0.2, -0.15) is 0 Å². The molecule has 0 unspecified atom stereocenters. The van der Waals surface area contributed by atoms with E-state index in [1.54, 1.807) is 0 Å². The van der Waals surface area contributed by atoms with Gasteiger partial charge in [-0.3, -0.25) is 0 Å². The molecule has 2 saturated carbocycles. The summed E-state index contributed by atoms with van der Waals surface area (Å²) in [5.41, 5.74) is 0. The largest absolute Gasteiger partial charge is 0.407 e. The second kappa shape index (κ2) is 4.64. The fourth-order valence-electron chi connectivity index (χ4n) is 2.05. The Kier molecular flexibility index (Phi) is 3.01. The van der Waals surface area contributed by atoms with Crippen LogP contribution in [0.15, 0.2) is 4.42 Å². The summed E-state index contributed by atoms with van der Waals surface area (Å²) in [4.78, 5) is 2.29. The van der Waals surface area contributed by atoms with E-state index >= 15 is 0 Å². The molecule has 3 rings (SSSR count). The molecule has 17 heavy (non-hydrogen) atoms. The van der Waals surface area contributed by atoms with Gasteiger partial charge in [-0.25, -0.2) is 0 Å². The topological polar surface area (TPSA) is 54.2 Å². The summed E-state index contributed by atoms with van der Waals surface area (Å²) in [5.74, 6) is 2.39. The number of anilines is 1. The average Bonchev–Trinajstić information content (AvgIpc) is 3.23. The van der Waals surface area contributed by atoms with Crippen LogP contribution >= 0.6 is 0 Å². The molecule has 1 heterocycles. The van der Waals surface area contributed by atoms with Gasteiger partial charge < -0.3 is 14.6 Å². The standard InChI is InChI=1S/C12H20N4O/c1-13-6-11-14-15-12(17-11)16(7-9-2-3-9)8-10-4-5-10/h9-10,13H,2-8H2,1H3. The average molecular weight is 236 g/mol. The first kappa shape index (κ1) is 11.0. The zero-order chi connectivity index (χ0) is 11.7. The van der Waals surface area contributed by atoms with Crippen molar-refractivity contribution in [3.63, 3.8) is 0 Å². The highest BCUT2D eigenvalue weighted by atomic mass is 16.4. The number of nitrogens with one attached hydrogen (secondary N) is 1. The van der Waals surface area contributed by atoms with Crippen LogP contribution in [0, 0.1) is 11.8 Å². The molecule has 2 fully saturated rings. The second-order valence-electron chi connectivity index (χ2n) is 5.30. The van der Waals surface area contributed by atoms with Crippen LogP contribution in [0.5, 0.6) is 0 Å². The van der Waals surface area contributed by atoms with Crippen molar-refractivity contribution in [2.45, 2.75) is 32.2 Å². The zero-order valence-electron chi connectivity index (χ0n) is 10.4. The van der Waals surface area contributed by atoms with Crippen molar-refractivity contribution < 1.29 is 4.42 Å². The molecular formula is C12H20N4O. The minimum Gasteiger partial charge on any atom is -0.407 e. The summed E-state index contributed by atoms with van der Waals surface area (Å²) in [7, 11) is 1.88. The maximum absolute atomic E-state index is 5.68. The van der Waals surface area contributed by atoms with Crippen LogP contribution in [0.3, 0.4) is 0 Å². The summed E-state index contributed by atoms with van der Waals surface area (Å²) >= 11 is 0. The summed E-state index contributed by atoms with van der Waals surface area (Å²) in [6, 6.07) is 0.717. The van der Waals surface area contributed by atoms with E-state index in [1.807, 2.05) is 7.05 Å². The molecule has 0 saturated heterocycles. The van der Waals surface area contributed by atoms with Crippen LogP contribution in [0.1, 0.15) is 31.6 Å². The van der Waals surface area contributed by atoms with Gasteiger partial charge in [0.2, 0.25) is 5.89 Å². The minimum absolute atomic E-state index is 0.647. The first-order valence-electron chi connectivity index (χ1n) is 6.57. The molecule has 5 nitrogen and oxygen atoms in total. The molecule has 0 atom stereocenters. The van der Waals surface area contributed by atoms with E-state index in [0.717, 1.165) is 24.9 Å². The van der Waals surface area contributed by atoms with Gasteiger partial charge in [-0.05, 0) is 44.6 Å². The van der Waals surface area contributed by atoms with Gasteiger partial charge in [0.05, 0.1) is 6.54 Å². The fraction of sp³-hybridized carbons (Fsp3) is 0.833. The monoisotopic (exact) mass is 236 g/mol. The Hall–Kier alpha value is -1.10. The molecule has 1 N–H and O–H groups in total. The Morgan fingerprint density at radius 1 is 1.18 bits per heavy atom. The summed E-state index contributed by atoms with van der Waals surface area (Å²) in [6.45, 7) is 2.84. The minimum atomic E-state index is 0.647. The molecule has 0 bridgehead atoms. The summed E-state index contributed by atoms with van der Waals surface area (Å²) in [6.07, 6.45) is 5.44. The number of hydrogen-bond donors (Lipinski definition) is 1. The number of aromatic nitrogens is 2. The molecule has 0 aliphatic heterocycles. The Labute approximate surface area is 102 Å². The van der Waals surface area contributed by atoms with Crippen molar-refractivity contribution in [1.82, 2.24) is 15.5 Å². The molecule has 1 aromatic rings. The maximum atomic E-state index is 5.68. The molecule has 2 aliphatic carbocycles. The molecular weight excluding hydrogens is 216 g/mol. The van der Waals surface area contributed by atoms with Crippen molar-refractivity contribution in [2.75, 3.05) is 25.0 Å². The maximum Gasteiger partial charge on any atom is 0.318 e. The van der Waals surface area contributed by atoms with E-state index in [-0.39, 0.29) is 0 Å². The van der Waals surface area contributed by atoms with Crippen molar-refractivity contribution >= 4 is 6.01 Å². The van der Waals surface area contributed by atoms with Crippen LogP contribution < -0.4 is 10.2 Å². The number of rotatable bonds is 7. The summed E-state index contributed by atoms with van der Waals surface area (Å²) < 4.78 is 5.68. The van der Waals surface area contributed by atoms with Crippen LogP contribution in [0.25, 0.3) is 0 Å². The van der Waals surface area contributed by atoms with Crippen molar-refractivity contribution in [2.24, 2.45) is 11.8 Å². The Bertz CT molecular complexity index is 356. The third kappa shape index (κ3) is 2.97. The van der Waals surface area contributed by atoms with E-state index in [4.69, 9.17) is 4.42 Å². The predicted molar refractivity (Wildman–Crippen MR) is 64.7 cm³/mol. The van der Waals surface area contributed by atoms with Crippen molar-refractivity contribution in [1.29, 1.82) is 0 Å². The van der Waals surface area contributed by atoms with Gasteiger partial charge in [0.15, 0.2) is 0 Å². The third-order valence-corrected chi connectivity index (χ3v) is 3.41. The van der Waals surface area contributed by atoms with Crippen LogP contribution in [-0.4, -0.2) is 30.3 Å². The molecule has 0 spiro atoms. The first-order chi connectivity index (χ1) is 8.35. The van der Waals surface area contributed by atoms with Crippen molar-refractivity contribution in [3.8, 4) is 0 Å². The lowest BCUT2D eigenvalue weighted by molar-refractivity contribution is 0.464. The molecule has 0 radical (unpaired) electrons. The second-order valence-corrected chi connectivity index (χ2v) is 5.30. The quantitative estimate of drug-likeness (QED) is 0.776. The lowest BCUT2D eigenvalue weighted by Gasteiger charge is -2.19. The Balaban J connectivity index is 1.65. The zero-order valence-corrected chi connectivity index (χ0v) is 10.4. The number of nitrogens with zero attached hydrogens (tertiary/aromatic N) is 3. The molecule has 2 aliphatic rings. The lowest BCUT2D eigenvalue weighted by atomic mass is 10.3. The molecule has 0 amide bonds. The lowest BCUT2D eigenvalue weighted by Crippen LogP contribution is -2.28. The molecule has 0 aromatic carbocycles. The van der Waals surface area contributed by atoms with Gasteiger partial charge in [-0.15, -0.1) is 5.10 Å². The van der Waals surface area contributed by atoms with E-state index in [0.29, 0.717) is 18.5 Å². The fourth-order valence-corrected chi connectivity index (χ4v) is 2.05. The highest BCUT2D eigenvalue weighted by Gasteiger charge is 2.31. The van der Waals surface area contributed by atoms with Crippen LogP contribution in [0.4, 0.5) is 6.01 Å². The summed E-state index contributed by atoms with van der Waals surface area (Å²) in [5, 5.41) is 11.3. The SMILES string of the molecule is CNCc1nnc(N(CC2CC2)CC2CC2)o1. The highest BCUT2D eigenvalue weighted by molar-refractivity contribution is 5.25. The van der Waals surface area contributed by atoms with Gasteiger partial charge in [0.1, 0.15) is 0 Å². The molecule has 94 valence electrons. The van der Waals surface area contributed by atoms with Crippen LogP contribution in [0.2, 0.25) is 0 Å². The van der Waals surface area contributed by atoms with Gasteiger partial charge in [0, 0.05) is 13.1 Å². The van der Waals surface area contributed by atoms with Gasteiger partial charge in [0.25, 0.3) is 0 Å².